The van der Waals surface area contributed by atoms with Crippen molar-refractivity contribution in [1.29, 1.82) is 0 Å². The summed E-state index contributed by atoms with van der Waals surface area (Å²) in [6, 6.07) is 0.715. The van der Waals surface area contributed by atoms with Crippen molar-refractivity contribution < 1.29 is 4.79 Å². The normalized spacial score (nSPS) is 20.9. The Hall–Kier alpha value is -0.570. The van der Waals surface area contributed by atoms with Gasteiger partial charge in [0.05, 0.1) is 0 Å². The van der Waals surface area contributed by atoms with Crippen LogP contribution in [0.2, 0.25) is 0 Å². The molecule has 106 valence electrons. The van der Waals surface area contributed by atoms with Crippen molar-refractivity contribution >= 4 is 5.91 Å². The van der Waals surface area contributed by atoms with Gasteiger partial charge in [-0.15, -0.1) is 0 Å². The highest BCUT2D eigenvalue weighted by Crippen LogP contribution is 2.19. The number of likely N-dealkylation sites (tertiary alicyclic amines) is 1. The molecule has 0 radical (unpaired) electrons. The Balaban J connectivity index is 2.27. The maximum atomic E-state index is 12.0. The molecule has 0 saturated carbocycles. The lowest BCUT2D eigenvalue weighted by atomic mass is 10.00. The van der Waals surface area contributed by atoms with Crippen molar-refractivity contribution in [3.63, 3.8) is 0 Å². The van der Waals surface area contributed by atoms with Crippen molar-refractivity contribution in [2.45, 2.75) is 64.8 Å². The Kier molecular flexibility index (Phi) is 7.33. The first-order chi connectivity index (χ1) is 8.69. The monoisotopic (exact) mass is 254 g/mol. The number of hydrogen-bond acceptors (Lipinski definition) is 2. The van der Waals surface area contributed by atoms with E-state index in [1.165, 1.54) is 32.2 Å². The van der Waals surface area contributed by atoms with Crippen LogP contribution in [0.25, 0.3) is 0 Å². The fourth-order valence-electron chi connectivity index (χ4n) is 2.77. The zero-order valence-electron chi connectivity index (χ0n) is 12.5. The maximum Gasteiger partial charge on any atom is 0.223 e. The molecule has 3 nitrogen and oxygen atoms in total. The smallest absolute Gasteiger partial charge is 0.223 e. The van der Waals surface area contributed by atoms with E-state index >= 15 is 0 Å². The van der Waals surface area contributed by atoms with E-state index in [9.17, 15) is 4.79 Å². The maximum absolute atomic E-state index is 12.0. The zero-order chi connectivity index (χ0) is 13.4. The number of unbranched alkanes of at least 4 members (excludes halogenated alkanes) is 1. The topological polar surface area (TPSA) is 23.6 Å². The van der Waals surface area contributed by atoms with Gasteiger partial charge in [0.1, 0.15) is 0 Å². The van der Waals surface area contributed by atoms with Gasteiger partial charge in [-0.05, 0) is 32.2 Å². The van der Waals surface area contributed by atoms with E-state index in [1.807, 2.05) is 11.9 Å². The van der Waals surface area contributed by atoms with Crippen LogP contribution in [0.3, 0.4) is 0 Å². The Morgan fingerprint density at radius 2 is 2.11 bits per heavy atom. The number of piperidine rings is 1. The predicted molar refractivity (Wildman–Crippen MR) is 76.7 cm³/mol. The molecule has 0 aromatic carbocycles. The number of amides is 1. The van der Waals surface area contributed by atoms with Gasteiger partial charge in [-0.1, -0.05) is 26.7 Å². The van der Waals surface area contributed by atoms with Crippen LogP contribution in [-0.4, -0.2) is 48.4 Å². The molecule has 1 aliphatic heterocycles. The molecular weight excluding hydrogens is 224 g/mol. The minimum atomic E-state index is 0.309. The van der Waals surface area contributed by atoms with Gasteiger partial charge in [0.15, 0.2) is 0 Å². The van der Waals surface area contributed by atoms with Gasteiger partial charge in [0.2, 0.25) is 5.91 Å². The molecule has 0 aliphatic carbocycles. The first-order valence-electron chi connectivity index (χ1n) is 7.67. The summed E-state index contributed by atoms with van der Waals surface area (Å²) >= 11 is 0. The number of hydrogen-bond donors (Lipinski definition) is 0. The number of carbonyl (C=O) groups is 1. The second-order valence-corrected chi connectivity index (χ2v) is 5.51. The summed E-state index contributed by atoms with van der Waals surface area (Å²) in [6.45, 7) is 7.47. The Labute approximate surface area is 113 Å². The molecule has 3 heteroatoms. The molecule has 0 aromatic rings. The number of nitrogens with zero attached hydrogens (tertiary/aromatic N) is 2. The van der Waals surface area contributed by atoms with Crippen LogP contribution < -0.4 is 0 Å². The highest BCUT2D eigenvalue weighted by atomic mass is 16.2. The molecule has 1 atom stereocenters. The minimum absolute atomic E-state index is 0.309. The van der Waals surface area contributed by atoms with Gasteiger partial charge in [0.25, 0.3) is 0 Å². The average molecular weight is 254 g/mol. The summed E-state index contributed by atoms with van der Waals surface area (Å²) in [5, 5.41) is 0. The molecule has 1 fully saturated rings. The lowest BCUT2D eigenvalue weighted by Crippen LogP contribution is -2.41. The van der Waals surface area contributed by atoms with Crippen LogP contribution in [0.15, 0.2) is 0 Å². The molecule has 0 spiro atoms. The third kappa shape index (κ3) is 4.97. The van der Waals surface area contributed by atoms with Gasteiger partial charge < -0.3 is 4.90 Å². The molecule has 0 N–H and O–H groups in total. The lowest BCUT2D eigenvalue weighted by molar-refractivity contribution is -0.130. The van der Waals surface area contributed by atoms with E-state index in [-0.39, 0.29) is 0 Å². The summed E-state index contributed by atoms with van der Waals surface area (Å²) in [4.78, 5) is 16.4. The van der Waals surface area contributed by atoms with Crippen molar-refractivity contribution in [3.8, 4) is 0 Å². The van der Waals surface area contributed by atoms with Gasteiger partial charge in [-0.2, -0.15) is 0 Å². The van der Waals surface area contributed by atoms with Gasteiger partial charge in [0, 0.05) is 32.6 Å². The first kappa shape index (κ1) is 15.5. The summed E-state index contributed by atoms with van der Waals surface area (Å²) in [7, 11) is 1.94. The predicted octanol–water partition coefficient (Wildman–Crippen LogP) is 2.90. The molecule has 1 amide bonds. The fourth-order valence-corrected chi connectivity index (χ4v) is 2.77. The standard InChI is InChI=1S/C15H30N2O/c1-4-6-11-16(3)15(18)10-13-17-12-8-7-9-14(17)5-2/h14H,4-13H2,1-3H3. The Morgan fingerprint density at radius 3 is 2.78 bits per heavy atom. The van der Waals surface area contributed by atoms with Crippen LogP contribution >= 0.6 is 0 Å². The second-order valence-electron chi connectivity index (χ2n) is 5.51. The molecule has 1 saturated heterocycles. The average Bonchev–Trinajstić information content (AvgIpc) is 2.42. The number of carbonyl (C=O) groups excluding carboxylic acids is 1. The molecule has 0 aromatic heterocycles. The van der Waals surface area contributed by atoms with E-state index < -0.39 is 0 Å². The largest absolute Gasteiger partial charge is 0.346 e. The fraction of sp³-hybridized carbons (Fsp3) is 0.933. The quantitative estimate of drug-likeness (QED) is 0.697. The molecule has 18 heavy (non-hydrogen) atoms. The number of rotatable bonds is 7. The van der Waals surface area contributed by atoms with Gasteiger partial charge in [-0.3, -0.25) is 9.69 Å². The Bertz CT molecular complexity index is 243. The van der Waals surface area contributed by atoms with Crippen molar-refractivity contribution in [1.82, 2.24) is 9.80 Å². The summed E-state index contributed by atoms with van der Waals surface area (Å²) in [5.41, 5.74) is 0. The van der Waals surface area contributed by atoms with Crippen molar-refractivity contribution in [2.75, 3.05) is 26.7 Å². The van der Waals surface area contributed by atoms with Gasteiger partial charge >= 0.3 is 0 Å². The van der Waals surface area contributed by atoms with E-state index in [2.05, 4.69) is 18.7 Å². The SMILES string of the molecule is CCCCN(C)C(=O)CCN1CCCCC1CC. The van der Waals surface area contributed by atoms with Crippen LogP contribution in [0.4, 0.5) is 0 Å². The van der Waals surface area contributed by atoms with Crippen molar-refractivity contribution in [2.24, 2.45) is 0 Å². The van der Waals surface area contributed by atoms with Crippen LogP contribution in [-0.2, 0) is 4.79 Å². The summed E-state index contributed by atoms with van der Waals surface area (Å²) in [6.07, 6.45) is 8.16. The van der Waals surface area contributed by atoms with Crippen LogP contribution in [0.1, 0.15) is 58.8 Å². The van der Waals surface area contributed by atoms with Crippen molar-refractivity contribution in [3.05, 3.63) is 0 Å². The highest BCUT2D eigenvalue weighted by molar-refractivity contribution is 5.76. The summed E-state index contributed by atoms with van der Waals surface area (Å²) in [5.74, 6) is 0.309. The lowest BCUT2D eigenvalue weighted by Gasteiger charge is -2.35. The molecule has 1 rings (SSSR count). The third-order valence-electron chi connectivity index (χ3n) is 4.11. The molecule has 1 heterocycles. The highest BCUT2D eigenvalue weighted by Gasteiger charge is 2.21. The van der Waals surface area contributed by atoms with Crippen LogP contribution in [0, 0.1) is 0 Å². The molecular formula is C15H30N2O. The zero-order valence-corrected chi connectivity index (χ0v) is 12.5. The van der Waals surface area contributed by atoms with E-state index in [0.29, 0.717) is 18.4 Å². The summed E-state index contributed by atoms with van der Waals surface area (Å²) < 4.78 is 0. The molecule has 1 unspecified atom stereocenters. The minimum Gasteiger partial charge on any atom is -0.346 e. The van der Waals surface area contributed by atoms with E-state index in [0.717, 1.165) is 25.9 Å². The third-order valence-corrected chi connectivity index (χ3v) is 4.11. The second kappa shape index (κ2) is 8.52. The first-order valence-corrected chi connectivity index (χ1v) is 7.67. The molecule has 0 bridgehead atoms. The molecule has 1 aliphatic rings. The van der Waals surface area contributed by atoms with E-state index in [1.54, 1.807) is 0 Å². The van der Waals surface area contributed by atoms with E-state index in [4.69, 9.17) is 0 Å². The van der Waals surface area contributed by atoms with Crippen LogP contribution in [0.5, 0.6) is 0 Å². The van der Waals surface area contributed by atoms with Gasteiger partial charge in [-0.25, -0.2) is 0 Å². The Morgan fingerprint density at radius 1 is 1.33 bits per heavy atom.